The van der Waals surface area contributed by atoms with E-state index < -0.39 is 11.7 Å². The van der Waals surface area contributed by atoms with Gasteiger partial charge in [0.2, 0.25) is 0 Å². The third-order valence-electron chi connectivity index (χ3n) is 2.06. The van der Waals surface area contributed by atoms with Crippen LogP contribution in [0.3, 0.4) is 0 Å². The van der Waals surface area contributed by atoms with Gasteiger partial charge in [-0.1, -0.05) is 24.3 Å². The van der Waals surface area contributed by atoms with Crippen molar-refractivity contribution in [2.45, 2.75) is 6.18 Å². The molecule has 0 saturated heterocycles. The van der Waals surface area contributed by atoms with Crippen molar-refractivity contribution in [3.63, 3.8) is 0 Å². The third-order valence-corrected chi connectivity index (χ3v) is 2.06. The van der Waals surface area contributed by atoms with E-state index in [1.807, 2.05) is 0 Å². The van der Waals surface area contributed by atoms with Gasteiger partial charge in [-0.3, -0.25) is 0 Å². The molecule has 0 aliphatic heterocycles. The first-order valence-corrected chi connectivity index (χ1v) is 4.87. The Bertz CT molecular complexity index is 492. The summed E-state index contributed by atoms with van der Waals surface area (Å²) in [5.74, 6) is 0.633. The normalized spacial score (nSPS) is 11.2. The van der Waals surface area contributed by atoms with Crippen LogP contribution >= 0.6 is 0 Å². The average Bonchev–Trinajstić information content (AvgIpc) is 2.29. The molecule has 0 spiro atoms. The summed E-state index contributed by atoms with van der Waals surface area (Å²) < 4.78 is 42.6. The van der Waals surface area contributed by atoms with Gasteiger partial charge < -0.3 is 4.74 Å². The molecule has 0 aliphatic carbocycles. The zero-order valence-corrected chi connectivity index (χ0v) is 8.66. The first-order chi connectivity index (χ1) is 8.05. The average molecular weight is 237 g/mol. The molecule has 0 unspecified atom stereocenters. The first-order valence-electron chi connectivity index (χ1n) is 4.87. The number of rotatable bonds is 2. The van der Waals surface area contributed by atoms with Gasteiger partial charge in [0.25, 0.3) is 0 Å². The van der Waals surface area contributed by atoms with Crippen LogP contribution in [0, 0.1) is 6.07 Å². The molecule has 2 aromatic carbocycles. The maximum absolute atomic E-state index is 12.4. The van der Waals surface area contributed by atoms with Crippen LogP contribution < -0.4 is 4.74 Å². The molecule has 0 amide bonds. The van der Waals surface area contributed by atoms with Crippen molar-refractivity contribution in [2.75, 3.05) is 0 Å². The molecule has 0 aliphatic rings. The fraction of sp³-hybridized carbons (Fsp3) is 0.0769. The zero-order chi connectivity index (χ0) is 12.3. The summed E-state index contributed by atoms with van der Waals surface area (Å²) in [6, 6.07) is 14.3. The Morgan fingerprint density at radius 1 is 0.941 bits per heavy atom. The Morgan fingerprint density at radius 3 is 2.29 bits per heavy atom. The highest BCUT2D eigenvalue weighted by atomic mass is 19.4. The van der Waals surface area contributed by atoms with Gasteiger partial charge >= 0.3 is 6.18 Å². The van der Waals surface area contributed by atoms with E-state index in [9.17, 15) is 13.2 Å². The Morgan fingerprint density at radius 2 is 1.65 bits per heavy atom. The smallest absolute Gasteiger partial charge is 0.417 e. The minimum atomic E-state index is -4.41. The van der Waals surface area contributed by atoms with Gasteiger partial charge in [-0.05, 0) is 30.3 Å². The lowest BCUT2D eigenvalue weighted by Gasteiger charge is -2.09. The van der Waals surface area contributed by atoms with Gasteiger partial charge in [0.1, 0.15) is 11.5 Å². The summed E-state index contributed by atoms with van der Waals surface area (Å²) in [6.45, 7) is 0. The van der Waals surface area contributed by atoms with Gasteiger partial charge in [0.05, 0.1) is 5.56 Å². The van der Waals surface area contributed by atoms with Crippen molar-refractivity contribution in [3.05, 3.63) is 60.2 Å². The molecule has 0 bridgehead atoms. The lowest BCUT2D eigenvalue weighted by molar-refractivity contribution is -0.137. The van der Waals surface area contributed by atoms with Crippen molar-refractivity contribution in [3.8, 4) is 11.5 Å². The predicted octanol–water partition coefficient (Wildman–Crippen LogP) is 4.30. The van der Waals surface area contributed by atoms with Crippen LogP contribution in [0.1, 0.15) is 5.56 Å². The standard InChI is InChI=1S/C13H8F3O/c14-13(15,16)10-5-4-8-12(9-10)17-11-6-2-1-3-7-11/h1-4,6-9H. The molecule has 1 radical (unpaired) electrons. The number of ether oxygens (including phenoxy) is 1. The molecular weight excluding hydrogens is 229 g/mol. The van der Waals surface area contributed by atoms with E-state index in [2.05, 4.69) is 6.07 Å². The molecule has 87 valence electrons. The number of hydrogen-bond acceptors (Lipinski definition) is 1. The minimum Gasteiger partial charge on any atom is -0.457 e. The van der Waals surface area contributed by atoms with E-state index in [-0.39, 0.29) is 5.75 Å². The van der Waals surface area contributed by atoms with Gasteiger partial charge in [-0.2, -0.15) is 13.2 Å². The highest BCUT2D eigenvalue weighted by molar-refractivity contribution is 5.34. The molecule has 0 aromatic heterocycles. The number of hydrogen-bond donors (Lipinski definition) is 0. The summed E-state index contributed by atoms with van der Waals surface area (Å²) in [5.41, 5.74) is -0.842. The van der Waals surface area contributed by atoms with Gasteiger partial charge in [0.15, 0.2) is 0 Å². The van der Waals surface area contributed by atoms with Crippen LogP contribution in [-0.2, 0) is 6.18 Å². The second kappa shape index (κ2) is 4.49. The maximum Gasteiger partial charge on any atom is 0.417 e. The Kier molecular flexibility index (Phi) is 3.04. The molecule has 4 heteroatoms. The highest BCUT2D eigenvalue weighted by Crippen LogP contribution is 2.32. The predicted molar refractivity (Wildman–Crippen MR) is 56.8 cm³/mol. The lowest BCUT2D eigenvalue weighted by Crippen LogP contribution is -2.04. The number of halogens is 3. The van der Waals surface area contributed by atoms with E-state index in [1.165, 1.54) is 12.1 Å². The van der Waals surface area contributed by atoms with E-state index in [0.29, 0.717) is 5.75 Å². The van der Waals surface area contributed by atoms with Crippen molar-refractivity contribution < 1.29 is 17.9 Å². The van der Waals surface area contributed by atoms with Crippen LogP contribution in [0.25, 0.3) is 0 Å². The van der Waals surface area contributed by atoms with Crippen molar-refractivity contribution in [1.29, 1.82) is 0 Å². The summed E-state index contributed by atoms with van der Waals surface area (Å²) in [7, 11) is 0. The Labute approximate surface area is 96.5 Å². The first kappa shape index (κ1) is 11.5. The van der Waals surface area contributed by atoms with E-state index in [1.54, 1.807) is 30.3 Å². The van der Waals surface area contributed by atoms with Crippen LogP contribution in [0.5, 0.6) is 11.5 Å². The molecular formula is C13H8F3O. The lowest BCUT2D eigenvalue weighted by atomic mass is 10.2. The van der Waals surface area contributed by atoms with Crippen LogP contribution in [0.4, 0.5) is 13.2 Å². The molecule has 1 nitrogen and oxygen atoms in total. The highest BCUT2D eigenvalue weighted by Gasteiger charge is 2.30. The number of benzene rings is 2. The van der Waals surface area contributed by atoms with E-state index in [0.717, 1.165) is 6.07 Å². The van der Waals surface area contributed by atoms with E-state index >= 15 is 0 Å². The molecule has 2 rings (SSSR count). The topological polar surface area (TPSA) is 9.23 Å². The second-order valence-electron chi connectivity index (χ2n) is 3.35. The van der Waals surface area contributed by atoms with Crippen LogP contribution in [0.2, 0.25) is 0 Å². The van der Waals surface area contributed by atoms with Gasteiger partial charge in [-0.15, -0.1) is 0 Å². The zero-order valence-electron chi connectivity index (χ0n) is 8.66. The molecule has 0 atom stereocenters. The van der Waals surface area contributed by atoms with Crippen molar-refractivity contribution in [2.24, 2.45) is 0 Å². The van der Waals surface area contributed by atoms with Crippen molar-refractivity contribution in [1.82, 2.24) is 0 Å². The Balaban J connectivity index is 2.23. The Hall–Kier alpha value is -1.97. The summed E-state index contributed by atoms with van der Waals surface area (Å²) in [6.07, 6.45) is -4.41. The number of para-hydroxylation sites is 1. The molecule has 0 heterocycles. The summed E-state index contributed by atoms with van der Waals surface area (Å²) in [4.78, 5) is 0. The van der Waals surface area contributed by atoms with Crippen molar-refractivity contribution >= 4 is 0 Å². The van der Waals surface area contributed by atoms with E-state index in [4.69, 9.17) is 4.74 Å². The van der Waals surface area contributed by atoms with Gasteiger partial charge in [0, 0.05) is 0 Å². The minimum absolute atomic E-state index is 0.141. The third kappa shape index (κ3) is 3.00. The maximum atomic E-state index is 12.4. The molecule has 0 saturated carbocycles. The molecule has 0 N–H and O–H groups in total. The quantitative estimate of drug-likeness (QED) is 0.756. The van der Waals surface area contributed by atoms with Gasteiger partial charge in [-0.25, -0.2) is 0 Å². The largest absolute Gasteiger partial charge is 0.457 e. The van der Waals surface area contributed by atoms with Crippen LogP contribution in [0.15, 0.2) is 48.5 Å². The number of alkyl halides is 3. The fourth-order valence-electron chi connectivity index (χ4n) is 1.30. The molecule has 0 fully saturated rings. The monoisotopic (exact) mass is 237 g/mol. The second-order valence-corrected chi connectivity index (χ2v) is 3.35. The summed E-state index contributed by atoms with van der Waals surface area (Å²) >= 11 is 0. The SMILES string of the molecule is FC(F)(F)c1[c]ccc(Oc2ccccc2)c1. The summed E-state index contributed by atoms with van der Waals surface area (Å²) in [5, 5.41) is 0. The van der Waals surface area contributed by atoms with Crippen LogP contribution in [-0.4, -0.2) is 0 Å². The molecule has 17 heavy (non-hydrogen) atoms. The fourth-order valence-corrected chi connectivity index (χ4v) is 1.30. The molecule has 2 aromatic rings.